The van der Waals surface area contributed by atoms with E-state index < -0.39 is 81.0 Å². The van der Waals surface area contributed by atoms with Crippen LogP contribution in [-0.4, -0.2) is 97.7 Å². The fraction of sp³-hybridized carbons (Fsp3) is 0.829. The minimum atomic E-state index is -3.68. The van der Waals surface area contributed by atoms with E-state index in [1.165, 1.54) is 6.92 Å². The van der Waals surface area contributed by atoms with Crippen molar-refractivity contribution in [2.45, 2.75) is 148 Å². The molecule has 5 amide bonds. The van der Waals surface area contributed by atoms with Gasteiger partial charge in [-0.3, -0.25) is 28.8 Å². The first kappa shape index (κ1) is 39.7. The van der Waals surface area contributed by atoms with Gasteiger partial charge in [-0.2, -0.15) is 0 Å². The molecule has 7 atom stereocenters. The molecule has 1 saturated heterocycles. The maximum Gasteiger partial charge on any atom is 0.289 e. The lowest BCUT2D eigenvalue weighted by atomic mass is 9.82. The Bertz CT molecular complexity index is 1400. The molecule has 1 unspecified atom stereocenters. The van der Waals surface area contributed by atoms with E-state index in [1.54, 1.807) is 4.90 Å². The maximum absolute atomic E-state index is 14.6. The number of carbonyl (C=O) groups excluding carboxylic acids is 6. The third-order valence-corrected chi connectivity index (χ3v) is 11.5. The zero-order valence-electron chi connectivity index (χ0n) is 30.5. The van der Waals surface area contributed by atoms with Gasteiger partial charge in [0.15, 0.2) is 0 Å². The highest BCUT2D eigenvalue weighted by atomic mass is 32.2. The molecule has 50 heavy (non-hydrogen) atoms. The zero-order valence-corrected chi connectivity index (χ0v) is 31.3. The van der Waals surface area contributed by atoms with Gasteiger partial charge in [-0.1, -0.05) is 59.8 Å². The summed E-state index contributed by atoms with van der Waals surface area (Å²) in [6.07, 6.45) is 10.1. The Labute approximate surface area is 296 Å². The van der Waals surface area contributed by atoms with Gasteiger partial charge in [-0.05, 0) is 75.0 Å². The highest BCUT2D eigenvalue weighted by Gasteiger charge is 2.52. The van der Waals surface area contributed by atoms with E-state index in [0.29, 0.717) is 25.8 Å². The van der Waals surface area contributed by atoms with Crippen LogP contribution in [0.5, 0.6) is 0 Å². The van der Waals surface area contributed by atoms with Crippen LogP contribution >= 0.6 is 0 Å². The monoisotopic (exact) mass is 722 g/mol. The predicted molar refractivity (Wildman–Crippen MR) is 187 cm³/mol. The number of sulfonamides is 1. The molecule has 0 aromatic heterocycles. The molecule has 1 heterocycles. The summed E-state index contributed by atoms with van der Waals surface area (Å²) in [4.78, 5) is 83.2. The molecule has 0 aromatic rings. The number of amides is 5. The van der Waals surface area contributed by atoms with Crippen LogP contribution in [0, 0.1) is 23.2 Å². The predicted octanol–water partition coefficient (Wildman–Crippen LogP) is 1.28. The van der Waals surface area contributed by atoms with E-state index in [0.717, 1.165) is 57.6 Å². The normalized spacial score (nSPS) is 25.1. The fourth-order valence-electron chi connectivity index (χ4n) is 7.89. The summed E-state index contributed by atoms with van der Waals surface area (Å²) in [5.74, 6) is -3.73. The number of fused-ring (bicyclic) bond motifs is 1. The summed E-state index contributed by atoms with van der Waals surface area (Å²) in [5, 5.41) is 11.3. The largest absolute Gasteiger partial charge is 0.347 e. The van der Waals surface area contributed by atoms with Gasteiger partial charge in [-0.25, -0.2) is 13.1 Å². The zero-order chi connectivity index (χ0) is 37.0. The van der Waals surface area contributed by atoms with Crippen molar-refractivity contribution in [3.63, 3.8) is 0 Å². The number of nitrogens with one attached hydrogen (secondary N) is 5. The molecule has 4 rings (SSSR count). The van der Waals surface area contributed by atoms with Gasteiger partial charge in [0.05, 0.1) is 18.3 Å². The number of rotatable bonds is 15. The van der Waals surface area contributed by atoms with Crippen LogP contribution in [0.25, 0.3) is 0 Å². The number of Topliss-reactive ketones (excluding diaryl/α,β-unsaturated/α-hetero) is 1. The van der Waals surface area contributed by atoms with Crippen molar-refractivity contribution >= 4 is 45.3 Å². The number of hydrogen-bond acceptors (Lipinski definition) is 8. The van der Waals surface area contributed by atoms with Crippen LogP contribution in [0.4, 0.5) is 0 Å². The Kier molecular flexibility index (Phi) is 13.1. The van der Waals surface area contributed by atoms with Crippen molar-refractivity contribution in [1.82, 2.24) is 30.9 Å². The summed E-state index contributed by atoms with van der Waals surface area (Å²) < 4.78 is 25.8. The molecule has 3 saturated carbocycles. The third-order valence-electron chi connectivity index (χ3n) is 10.7. The quantitative estimate of drug-likeness (QED) is 0.156. The van der Waals surface area contributed by atoms with Crippen LogP contribution in [0.3, 0.4) is 0 Å². The fourth-order valence-corrected chi connectivity index (χ4v) is 8.64. The third kappa shape index (κ3) is 10.3. The Morgan fingerprint density at radius 1 is 0.840 bits per heavy atom. The van der Waals surface area contributed by atoms with Crippen LogP contribution < -0.4 is 26.0 Å². The molecule has 15 heteroatoms. The van der Waals surface area contributed by atoms with Gasteiger partial charge < -0.3 is 26.2 Å². The standard InChI is InChI=1S/C35H58N6O8S/c1-7-12-25(28(42)33(46)36-23-17-18-23)37-32(45)27-24-16-11-15-22(24)19-41(27)34(47)29(35(3,4)5)39-31(44)26(21-13-9-8-10-14-21)38-30(43)20(2)40-50(6,48)49/h20-27,29,40H,7-19H2,1-6H3,(H,36,46)(H,37,45)(H,38,43)(H,39,44)/t20-,22+,24+,25?,26+,27+,29-/m1/s1. The second-order valence-corrected chi connectivity index (χ2v) is 17.8. The molecule has 1 aliphatic heterocycles. The lowest BCUT2D eigenvalue weighted by Gasteiger charge is -2.38. The molecule has 0 bridgehead atoms. The molecule has 0 radical (unpaired) electrons. The molecule has 0 spiro atoms. The smallest absolute Gasteiger partial charge is 0.289 e. The van der Waals surface area contributed by atoms with Crippen LogP contribution in [-0.2, 0) is 38.8 Å². The topological polar surface area (TPSA) is 200 Å². The van der Waals surface area contributed by atoms with Crippen molar-refractivity contribution in [2.75, 3.05) is 12.8 Å². The van der Waals surface area contributed by atoms with E-state index in [1.807, 2.05) is 27.7 Å². The highest BCUT2D eigenvalue weighted by Crippen LogP contribution is 2.43. The Morgan fingerprint density at radius 2 is 1.50 bits per heavy atom. The van der Waals surface area contributed by atoms with Crippen molar-refractivity contribution in [1.29, 1.82) is 0 Å². The highest BCUT2D eigenvalue weighted by molar-refractivity contribution is 7.88. The molecule has 14 nitrogen and oxygen atoms in total. The van der Waals surface area contributed by atoms with E-state index in [-0.39, 0.29) is 30.2 Å². The maximum atomic E-state index is 14.6. The lowest BCUT2D eigenvalue weighted by Crippen LogP contribution is -2.63. The minimum Gasteiger partial charge on any atom is -0.347 e. The molecule has 282 valence electrons. The van der Waals surface area contributed by atoms with Crippen molar-refractivity contribution in [2.24, 2.45) is 23.2 Å². The average molecular weight is 723 g/mol. The molecular weight excluding hydrogens is 664 g/mol. The first-order valence-electron chi connectivity index (χ1n) is 18.4. The number of likely N-dealkylation sites (tertiary alicyclic amines) is 1. The van der Waals surface area contributed by atoms with Crippen LogP contribution in [0.2, 0.25) is 0 Å². The second-order valence-electron chi connectivity index (χ2n) is 16.1. The molecule has 4 aliphatic rings. The van der Waals surface area contributed by atoms with Gasteiger partial charge in [0.2, 0.25) is 39.4 Å². The van der Waals surface area contributed by atoms with E-state index >= 15 is 0 Å². The van der Waals surface area contributed by atoms with Crippen molar-refractivity contribution in [3.05, 3.63) is 0 Å². The van der Waals surface area contributed by atoms with Gasteiger partial charge in [0.1, 0.15) is 18.1 Å². The van der Waals surface area contributed by atoms with Crippen molar-refractivity contribution in [3.8, 4) is 0 Å². The first-order chi connectivity index (χ1) is 23.4. The second kappa shape index (κ2) is 16.5. The minimum absolute atomic E-state index is 0.00486. The Morgan fingerprint density at radius 3 is 2.08 bits per heavy atom. The average Bonchev–Trinajstić information content (AvgIpc) is 3.60. The number of hydrogen-bond donors (Lipinski definition) is 5. The summed E-state index contributed by atoms with van der Waals surface area (Å²) in [5.41, 5.74) is -0.792. The van der Waals surface area contributed by atoms with Crippen LogP contribution in [0.15, 0.2) is 0 Å². The molecule has 4 fully saturated rings. The Balaban J connectivity index is 1.56. The summed E-state index contributed by atoms with van der Waals surface area (Å²) in [6, 6.07) is -5.06. The molecule has 3 aliphatic carbocycles. The number of ketones is 1. The summed E-state index contributed by atoms with van der Waals surface area (Å²) in [7, 11) is -3.68. The van der Waals surface area contributed by atoms with Gasteiger partial charge in [0, 0.05) is 12.6 Å². The first-order valence-corrected chi connectivity index (χ1v) is 20.3. The SMILES string of the molecule is CCCC(NC(=O)[C@@H]1[C@H]2CCC[C@H]2CN1C(=O)[C@@H](NC(=O)[C@@H](NC(=O)[C@@H](C)NS(C)(=O)=O)C1CCCCC1)C(C)(C)C)C(=O)C(=O)NC1CC1. The Hall–Kier alpha value is -3.07. The van der Waals surface area contributed by atoms with E-state index in [9.17, 15) is 37.2 Å². The van der Waals surface area contributed by atoms with Gasteiger partial charge in [-0.15, -0.1) is 0 Å². The van der Waals surface area contributed by atoms with E-state index in [4.69, 9.17) is 0 Å². The molecule has 5 N–H and O–H groups in total. The van der Waals surface area contributed by atoms with Gasteiger partial charge >= 0.3 is 0 Å². The van der Waals surface area contributed by atoms with Crippen LogP contribution in [0.1, 0.15) is 112 Å². The van der Waals surface area contributed by atoms with Crippen molar-refractivity contribution < 1.29 is 37.2 Å². The van der Waals surface area contributed by atoms with Gasteiger partial charge in [0.25, 0.3) is 5.91 Å². The van der Waals surface area contributed by atoms with E-state index in [2.05, 4.69) is 26.0 Å². The number of nitrogens with zero attached hydrogens (tertiary/aromatic N) is 1. The molecular formula is C35H58N6O8S. The lowest BCUT2D eigenvalue weighted by molar-refractivity contribution is -0.146. The summed E-state index contributed by atoms with van der Waals surface area (Å²) >= 11 is 0. The molecule has 0 aromatic carbocycles. The summed E-state index contributed by atoms with van der Waals surface area (Å²) in [6.45, 7) is 9.07. The number of carbonyl (C=O) groups is 6.